The SMILES string of the molecule is Cc1nc(C)c(C(N)C2=COCC2)s1. The lowest BCUT2D eigenvalue weighted by Crippen LogP contribution is -2.12. The Morgan fingerprint density at radius 2 is 2.36 bits per heavy atom. The van der Waals surface area contributed by atoms with E-state index in [0.29, 0.717) is 0 Å². The van der Waals surface area contributed by atoms with E-state index in [1.54, 1.807) is 17.6 Å². The van der Waals surface area contributed by atoms with E-state index in [0.717, 1.165) is 23.7 Å². The second-order valence-electron chi connectivity index (χ2n) is 3.47. The van der Waals surface area contributed by atoms with Gasteiger partial charge in [-0.2, -0.15) is 0 Å². The van der Waals surface area contributed by atoms with Crippen molar-refractivity contribution < 1.29 is 4.74 Å². The highest BCUT2D eigenvalue weighted by Crippen LogP contribution is 2.31. The van der Waals surface area contributed by atoms with Crippen molar-refractivity contribution in [1.29, 1.82) is 0 Å². The van der Waals surface area contributed by atoms with Crippen LogP contribution in [0, 0.1) is 13.8 Å². The van der Waals surface area contributed by atoms with Gasteiger partial charge in [0.05, 0.1) is 29.6 Å². The molecule has 1 aliphatic heterocycles. The van der Waals surface area contributed by atoms with Crippen molar-refractivity contribution in [3.05, 3.63) is 27.4 Å². The lowest BCUT2D eigenvalue weighted by molar-refractivity contribution is 0.281. The van der Waals surface area contributed by atoms with Crippen molar-refractivity contribution in [2.45, 2.75) is 26.3 Å². The van der Waals surface area contributed by atoms with Crippen LogP contribution in [0.2, 0.25) is 0 Å². The smallest absolute Gasteiger partial charge is 0.0912 e. The molecule has 1 aliphatic rings. The second-order valence-corrected chi connectivity index (χ2v) is 4.71. The molecule has 2 N–H and O–H groups in total. The van der Waals surface area contributed by atoms with Gasteiger partial charge in [-0.05, 0) is 19.4 Å². The number of nitrogens with zero attached hydrogens (tertiary/aromatic N) is 1. The van der Waals surface area contributed by atoms with Crippen LogP contribution in [0.4, 0.5) is 0 Å². The van der Waals surface area contributed by atoms with Crippen molar-refractivity contribution in [2.75, 3.05) is 6.61 Å². The zero-order valence-corrected chi connectivity index (χ0v) is 9.23. The molecule has 1 atom stereocenters. The fourth-order valence-corrected chi connectivity index (χ4v) is 2.61. The molecule has 0 fully saturated rings. The molecule has 2 rings (SSSR count). The van der Waals surface area contributed by atoms with Gasteiger partial charge in [0, 0.05) is 11.3 Å². The predicted molar refractivity (Wildman–Crippen MR) is 57.2 cm³/mol. The Kier molecular flexibility index (Phi) is 2.56. The Morgan fingerprint density at radius 3 is 2.86 bits per heavy atom. The van der Waals surface area contributed by atoms with Gasteiger partial charge in [-0.25, -0.2) is 4.98 Å². The molecule has 0 amide bonds. The fourth-order valence-electron chi connectivity index (χ4n) is 1.63. The van der Waals surface area contributed by atoms with Gasteiger partial charge in [0.1, 0.15) is 0 Å². The van der Waals surface area contributed by atoms with E-state index in [1.165, 1.54) is 10.5 Å². The van der Waals surface area contributed by atoms with Crippen LogP contribution >= 0.6 is 11.3 Å². The zero-order valence-electron chi connectivity index (χ0n) is 8.41. The van der Waals surface area contributed by atoms with Gasteiger partial charge in [0.2, 0.25) is 0 Å². The lowest BCUT2D eigenvalue weighted by atomic mass is 10.1. The molecule has 0 aromatic carbocycles. The summed E-state index contributed by atoms with van der Waals surface area (Å²) in [6, 6.07) is -0.0244. The first-order valence-electron chi connectivity index (χ1n) is 4.68. The van der Waals surface area contributed by atoms with Gasteiger partial charge in [-0.1, -0.05) is 0 Å². The topological polar surface area (TPSA) is 48.1 Å². The van der Waals surface area contributed by atoms with Crippen LogP contribution in [-0.2, 0) is 4.74 Å². The van der Waals surface area contributed by atoms with Gasteiger partial charge in [0.25, 0.3) is 0 Å². The Balaban J connectivity index is 2.25. The number of aromatic nitrogens is 1. The summed E-state index contributed by atoms with van der Waals surface area (Å²) < 4.78 is 5.19. The van der Waals surface area contributed by atoms with Crippen LogP contribution in [0.25, 0.3) is 0 Å². The molecule has 0 bridgehead atoms. The van der Waals surface area contributed by atoms with Crippen LogP contribution in [0.5, 0.6) is 0 Å². The van der Waals surface area contributed by atoms with Crippen LogP contribution in [0.1, 0.15) is 28.0 Å². The molecule has 1 aromatic rings. The summed E-state index contributed by atoms with van der Waals surface area (Å²) in [4.78, 5) is 5.54. The van der Waals surface area contributed by atoms with E-state index in [1.807, 2.05) is 13.8 Å². The Hall–Kier alpha value is -0.870. The maximum absolute atomic E-state index is 6.14. The van der Waals surface area contributed by atoms with Crippen LogP contribution in [-0.4, -0.2) is 11.6 Å². The highest BCUT2D eigenvalue weighted by Gasteiger charge is 2.20. The molecule has 0 spiro atoms. The molecule has 14 heavy (non-hydrogen) atoms. The molecule has 1 aromatic heterocycles. The summed E-state index contributed by atoms with van der Waals surface area (Å²) in [5.74, 6) is 0. The first-order valence-corrected chi connectivity index (χ1v) is 5.50. The minimum atomic E-state index is -0.0244. The average molecular weight is 210 g/mol. The Labute approximate surface area is 87.6 Å². The van der Waals surface area contributed by atoms with Crippen molar-refractivity contribution >= 4 is 11.3 Å². The van der Waals surface area contributed by atoms with Gasteiger partial charge in [-0.3, -0.25) is 0 Å². The number of aryl methyl sites for hydroxylation is 2. The largest absolute Gasteiger partial charge is 0.501 e. The molecule has 76 valence electrons. The van der Waals surface area contributed by atoms with Crippen LogP contribution in [0.3, 0.4) is 0 Å². The summed E-state index contributed by atoms with van der Waals surface area (Å²) >= 11 is 1.68. The maximum Gasteiger partial charge on any atom is 0.0912 e. The van der Waals surface area contributed by atoms with Crippen LogP contribution < -0.4 is 5.73 Å². The van der Waals surface area contributed by atoms with Gasteiger partial charge in [0.15, 0.2) is 0 Å². The average Bonchev–Trinajstić information content (AvgIpc) is 2.73. The molecule has 1 unspecified atom stereocenters. The number of rotatable bonds is 2. The highest BCUT2D eigenvalue weighted by molar-refractivity contribution is 7.11. The van der Waals surface area contributed by atoms with E-state index < -0.39 is 0 Å². The monoisotopic (exact) mass is 210 g/mol. The molecule has 3 nitrogen and oxygen atoms in total. The third kappa shape index (κ3) is 1.67. The Morgan fingerprint density at radius 1 is 1.57 bits per heavy atom. The molecular weight excluding hydrogens is 196 g/mol. The summed E-state index contributed by atoms with van der Waals surface area (Å²) in [5, 5.41) is 1.08. The van der Waals surface area contributed by atoms with E-state index in [2.05, 4.69) is 4.98 Å². The van der Waals surface area contributed by atoms with Crippen molar-refractivity contribution in [2.24, 2.45) is 5.73 Å². The van der Waals surface area contributed by atoms with E-state index in [-0.39, 0.29) is 6.04 Å². The standard InChI is InChI=1S/C10H14N2OS/c1-6-10(14-7(2)12-6)9(11)8-3-4-13-5-8/h5,9H,3-4,11H2,1-2H3. The van der Waals surface area contributed by atoms with Crippen molar-refractivity contribution in [1.82, 2.24) is 4.98 Å². The third-order valence-corrected chi connectivity index (χ3v) is 3.52. The molecule has 0 radical (unpaired) electrons. The summed E-state index contributed by atoms with van der Waals surface area (Å²) in [7, 11) is 0. The molecular formula is C10H14N2OS. The van der Waals surface area contributed by atoms with Crippen molar-refractivity contribution in [3.63, 3.8) is 0 Å². The van der Waals surface area contributed by atoms with Gasteiger partial charge >= 0.3 is 0 Å². The summed E-state index contributed by atoms with van der Waals surface area (Å²) in [6.07, 6.45) is 2.73. The maximum atomic E-state index is 6.14. The highest BCUT2D eigenvalue weighted by atomic mass is 32.1. The third-order valence-electron chi connectivity index (χ3n) is 2.36. The first-order chi connectivity index (χ1) is 6.68. The summed E-state index contributed by atoms with van der Waals surface area (Å²) in [5.41, 5.74) is 8.36. The van der Waals surface area contributed by atoms with E-state index in [9.17, 15) is 0 Å². The normalized spacial score (nSPS) is 17.8. The zero-order chi connectivity index (χ0) is 10.1. The van der Waals surface area contributed by atoms with E-state index >= 15 is 0 Å². The van der Waals surface area contributed by atoms with Gasteiger partial charge < -0.3 is 10.5 Å². The minimum absolute atomic E-state index is 0.0244. The second kappa shape index (κ2) is 3.71. The van der Waals surface area contributed by atoms with Gasteiger partial charge in [-0.15, -0.1) is 11.3 Å². The predicted octanol–water partition coefficient (Wildman–Crippen LogP) is 2.06. The number of nitrogens with two attached hydrogens (primary N) is 1. The van der Waals surface area contributed by atoms with Crippen molar-refractivity contribution in [3.8, 4) is 0 Å². The molecule has 0 aliphatic carbocycles. The van der Waals surface area contributed by atoms with Crippen LogP contribution in [0.15, 0.2) is 11.8 Å². The number of hydrogen-bond donors (Lipinski definition) is 1. The Bertz CT molecular complexity index is 370. The minimum Gasteiger partial charge on any atom is -0.501 e. The summed E-state index contributed by atoms with van der Waals surface area (Å²) in [6.45, 7) is 4.78. The quantitative estimate of drug-likeness (QED) is 0.812. The molecule has 4 heteroatoms. The molecule has 0 saturated heterocycles. The fraction of sp³-hybridized carbons (Fsp3) is 0.500. The first kappa shape index (κ1) is 9.68. The molecule has 0 saturated carbocycles. The number of hydrogen-bond acceptors (Lipinski definition) is 4. The number of thiazole rings is 1. The lowest BCUT2D eigenvalue weighted by Gasteiger charge is -2.09. The number of ether oxygens (including phenoxy) is 1. The van der Waals surface area contributed by atoms with E-state index in [4.69, 9.17) is 10.5 Å². The molecule has 2 heterocycles.